The Hall–Kier alpha value is -1.84. The topological polar surface area (TPSA) is 49.7 Å². The van der Waals surface area contributed by atoms with E-state index in [1.54, 1.807) is 0 Å². The first-order chi connectivity index (χ1) is 9.24. The molecule has 3 heteroatoms. The van der Waals surface area contributed by atoms with Gasteiger partial charge in [0.15, 0.2) is 0 Å². The van der Waals surface area contributed by atoms with E-state index in [9.17, 15) is 10.2 Å². The van der Waals surface area contributed by atoms with E-state index in [4.69, 9.17) is 4.74 Å². The number of benzene rings is 2. The molecule has 100 valence electrons. The van der Waals surface area contributed by atoms with Gasteiger partial charge >= 0.3 is 0 Å². The Morgan fingerprint density at radius 1 is 1.05 bits per heavy atom. The van der Waals surface area contributed by atoms with Crippen LogP contribution in [-0.4, -0.2) is 10.2 Å². The standard InChI is InChI=1S/C16H18O3/c1-2-15(18)12-7-9-14(10-8-12)19-16-6-4-3-5-13(16)11-17/h3-10,15,17-18H,2,11H2,1H3/t15-/m1/s1. The minimum absolute atomic E-state index is 0.0528. The van der Waals surface area contributed by atoms with E-state index >= 15 is 0 Å². The number of aliphatic hydroxyl groups is 2. The highest BCUT2D eigenvalue weighted by Crippen LogP contribution is 2.26. The van der Waals surface area contributed by atoms with Crippen molar-refractivity contribution in [2.75, 3.05) is 0 Å². The summed E-state index contributed by atoms with van der Waals surface area (Å²) in [4.78, 5) is 0. The maximum absolute atomic E-state index is 9.72. The Bertz CT molecular complexity index is 520. The number of ether oxygens (including phenoxy) is 1. The first-order valence-corrected chi connectivity index (χ1v) is 6.39. The van der Waals surface area contributed by atoms with Crippen LogP contribution in [0, 0.1) is 0 Å². The van der Waals surface area contributed by atoms with Gasteiger partial charge in [-0.3, -0.25) is 0 Å². The van der Waals surface area contributed by atoms with Crippen LogP contribution in [0.2, 0.25) is 0 Å². The second-order valence-corrected chi connectivity index (χ2v) is 4.36. The minimum atomic E-state index is -0.432. The molecule has 19 heavy (non-hydrogen) atoms. The van der Waals surface area contributed by atoms with E-state index in [1.165, 1.54) is 0 Å². The van der Waals surface area contributed by atoms with Gasteiger partial charge < -0.3 is 14.9 Å². The molecule has 0 aliphatic carbocycles. The molecule has 0 radical (unpaired) electrons. The van der Waals surface area contributed by atoms with Crippen molar-refractivity contribution in [3.8, 4) is 11.5 Å². The fraction of sp³-hybridized carbons (Fsp3) is 0.250. The Balaban J connectivity index is 2.15. The lowest BCUT2D eigenvalue weighted by atomic mass is 10.1. The smallest absolute Gasteiger partial charge is 0.132 e. The van der Waals surface area contributed by atoms with Gasteiger partial charge in [0.25, 0.3) is 0 Å². The molecule has 0 spiro atoms. The molecule has 0 aliphatic rings. The SMILES string of the molecule is CC[C@@H](O)c1ccc(Oc2ccccc2CO)cc1. The van der Waals surface area contributed by atoms with Crippen molar-refractivity contribution in [1.82, 2.24) is 0 Å². The molecule has 2 aromatic carbocycles. The number of para-hydroxylation sites is 1. The van der Waals surface area contributed by atoms with Gasteiger partial charge in [-0.2, -0.15) is 0 Å². The number of hydrogen-bond donors (Lipinski definition) is 2. The second kappa shape index (κ2) is 6.36. The summed E-state index contributed by atoms with van der Waals surface area (Å²) < 4.78 is 5.73. The molecule has 0 fully saturated rings. The average Bonchev–Trinajstić information content (AvgIpc) is 2.48. The molecule has 0 heterocycles. The predicted molar refractivity (Wildman–Crippen MR) is 74.1 cm³/mol. The van der Waals surface area contributed by atoms with Crippen molar-refractivity contribution in [1.29, 1.82) is 0 Å². The van der Waals surface area contributed by atoms with E-state index in [2.05, 4.69) is 0 Å². The van der Waals surface area contributed by atoms with Crippen LogP contribution in [0.15, 0.2) is 48.5 Å². The van der Waals surface area contributed by atoms with Crippen LogP contribution in [-0.2, 0) is 6.61 Å². The van der Waals surface area contributed by atoms with Gasteiger partial charge in [0.05, 0.1) is 12.7 Å². The van der Waals surface area contributed by atoms with Crippen LogP contribution in [0.5, 0.6) is 11.5 Å². The third-order valence-corrected chi connectivity index (χ3v) is 3.02. The lowest BCUT2D eigenvalue weighted by molar-refractivity contribution is 0.173. The van der Waals surface area contributed by atoms with Gasteiger partial charge in [-0.15, -0.1) is 0 Å². The Morgan fingerprint density at radius 3 is 2.37 bits per heavy atom. The summed E-state index contributed by atoms with van der Waals surface area (Å²) in [7, 11) is 0. The molecule has 0 saturated heterocycles. The molecule has 0 aromatic heterocycles. The van der Waals surface area contributed by atoms with Crippen molar-refractivity contribution >= 4 is 0 Å². The average molecular weight is 258 g/mol. The van der Waals surface area contributed by atoms with Crippen molar-refractivity contribution < 1.29 is 14.9 Å². The summed E-state index contributed by atoms with van der Waals surface area (Å²) in [5.74, 6) is 1.33. The highest BCUT2D eigenvalue weighted by Gasteiger charge is 2.06. The fourth-order valence-electron chi connectivity index (χ4n) is 1.85. The number of hydrogen-bond acceptors (Lipinski definition) is 3. The molecule has 2 aromatic rings. The number of rotatable bonds is 5. The third kappa shape index (κ3) is 3.34. The largest absolute Gasteiger partial charge is 0.457 e. The quantitative estimate of drug-likeness (QED) is 0.864. The minimum Gasteiger partial charge on any atom is -0.457 e. The van der Waals surface area contributed by atoms with E-state index in [1.807, 2.05) is 55.5 Å². The number of aliphatic hydroxyl groups excluding tert-OH is 2. The first-order valence-electron chi connectivity index (χ1n) is 6.39. The normalized spacial score (nSPS) is 12.2. The van der Waals surface area contributed by atoms with Crippen LogP contribution < -0.4 is 4.74 Å². The molecule has 0 aliphatic heterocycles. The highest BCUT2D eigenvalue weighted by atomic mass is 16.5. The maximum Gasteiger partial charge on any atom is 0.132 e. The van der Waals surface area contributed by atoms with Gasteiger partial charge in [0.1, 0.15) is 11.5 Å². The molecule has 0 unspecified atom stereocenters. The van der Waals surface area contributed by atoms with E-state index in [-0.39, 0.29) is 6.61 Å². The highest BCUT2D eigenvalue weighted by molar-refractivity contribution is 5.38. The molecular weight excluding hydrogens is 240 g/mol. The molecule has 2 rings (SSSR count). The Kier molecular flexibility index (Phi) is 4.55. The van der Waals surface area contributed by atoms with Crippen LogP contribution in [0.1, 0.15) is 30.6 Å². The fourth-order valence-corrected chi connectivity index (χ4v) is 1.85. The summed E-state index contributed by atoms with van der Waals surface area (Å²) in [6, 6.07) is 14.7. The van der Waals surface area contributed by atoms with Crippen molar-refractivity contribution in [3.63, 3.8) is 0 Å². The van der Waals surface area contributed by atoms with Gasteiger partial charge in [-0.05, 0) is 30.2 Å². The van der Waals surface area contributed by atoms with Crippen LogP contribution in [0.25, 0.3) is 0 Å². The van der Waals surface area contributed by atoms with Crippen molar-refractivity contribution in [2.45, 2.75) is 26.1 Å². The Morgan fingerprint density at radius 2 is 1.74 bits per heavy atom. The van der Waals surface area contributed by atoms with E-state index in [0.717, 1.165) is 11.1 Å². The zero-order chi connectivity index (χ0) is 13.7. The molecular formula is C16H18O3. The van der Waals surface area contributed by atoms with Crippen LogP contribution in [0.3, 0.4) is 0 Å². The molecule has 0 saturated carbocycles. The summed E-state index contributed by atoms with van der Waals surface area (Å²) in [6.07, 6.45) is 0.256. The van der Waals surface area contributed by atoms with Crippen LogP contribution in [0.4, 0.5) is 0 Å². The monoisotopic (exact) mass is 258 g/mol. The van der Waals surface area contributed by atoms with Gasteiger partial charge in [0.2, 0.25) is 0 Å². The lowest BCUT2D eigenvalue weighted by Crippen LogP contribution is -1.95. The van der Waals surface area contributed by atoms with Crippen molar-refractivity contribution in [2.24, 2.45) is 0 Å². The van der Waals surface area contributed by atoms with Crippen LogP contribution >= 0.6 is 0 Å². The van der Waals surface area contributed by atoms with Gasteiger partial charge in [-0.25, -0.2) is 0 Å². The summed E-state index contributed by atoms with van der Waals surface area (Å²) >= 11 is 0. The maximum atomic E-state index is 9.72. The summed E-state index contributed by atoms with van der Waals surface area (Å²) in [6.45, 7) is 1.88. The lowest BCUT2D eigenvalue weighted by Gasteiger charge is -2.11. The van der Waals surface area contributed by atoms with E-state index < -0.39 is 6.10 Å². The first kappa shape index (κ1) is 13.6. The Labute approximate surface area is 113 Å². The van der Waals surface area contributed by atoms with Crippen molar-refractivity contribution in [3.05, 3.63) is 59.7 Å². The van der Waals surface area contributed by atoms with Gasteiger partial charge in [0, 0.05) is 5.56 Å². The third-order valence-electron chi connectivity index (χ3n) is 3.02. The molecule has 0 bridgehead atoms. The summed E-state index contributed by atoms with van der Waals surface area (Å²) in [5, 5.41) is 19.0. The van der Waals surface area contributed by atoms with E-state index in [0.29, 0.717) is 17.9 Å². The zero-order valence-corrected chi connectivity index (χ0v) is 10.9. The second-order valence-electron chi connectivity index (χ2n) is 4.36. The predicted octanol–water partition coefficient (Wildman–Crippen LogP) is 3.41. The molecule has 3 nitrogen and oxygen atoms in total. The van der Waals surface area contributed by atoms with Gasteiger partial charge in [-0.1, -0.05) is 37.3 Å². The molecule has 0 amide bonds. The molecule has 1 atom stereocenters. The summed E-state index contributed by atoms with van der Waals surface area (Å²) in [5.41, 5.74) is 1.63. The zero-order valence-electron chi connectivity index (χ0n) is 10.9. The molecule has 2 N–H and O–H groups in total.